The molecule has 2 aromatic rings. The number of benzene rings is 2. The smallest absolute Gasteiger partial charge is 0.150 e. The van der Waals surface area contributed by atoms with Gasteiger partial charge in [0.2, 0.25) is 0 Å². The predicted molar refractivity (Wildman–Crippen MR) is 141 cm³/mol. The lowest BCUT2D eigenvalue weighted by Gasteiger charge is -2.22. The van der Waals surface area contributed by atoms with Crippen LogP contribution in [0, 0.1) is 0 Å². The van der Waals surface area contributed by atoms with Gasteiger partial charge in [-0.2, -0.15) is 5.53 Å². The number of nitrogens with two attached hydrogens (primary N) is 1. The average molecular weight is 468 g/mol. The summed E-state index contributed by atoms with van der Waals surface area (Å²) in [7, 11) is 1.67. The Morgan fingerprint density at radius 3 is 2.00 bits per heavy atom. The molecule has 0 atom stereocenters. The van der Waals surface area contributed by atoms with Crippen LogP contribution >= 0.6 is 0 Å². The van der Waals surface area contributed by atoms with Gasteiger partial charge in [-0.1, -0.05) is 58.8 Å². The maximum Gasteiger partial charge on any atom is 0.150 e. The molecule has 4 N–H and O–H groups in total. The standard InChI is InChI=1S/C27H41N5O2/c1-17(2)22-13-24(18(3)4)26(25(14-22)19(5)6)15-34-31-20(7)21-9-11-23(12-10-21)33-16-27(29-8)30-32-28/h9-14,17-19,32H,15-16,28H2,1-8H3,(H,29,30)/b31-20+. The van der Waals surface area contributed by atoms with E-state index in [1.165, 1.54) is 22.3 Å². The summed E-state index contributed by atoms with van der Waals surface area (Å²) >= 11 is 0. The Morgan fingerprint density at radius 1 is 0.941 bits per heavy atom. The molecule has 2 rings (SSSR count). The van der Waals surface area contributed by atoms with Crippen molar-refractivity contribution in [3.05, 3.63) is 64.2 Å². The normalized spacial score (nSPS) is 12.6. The third-order valence-electron chi connectivity index (χ3n) is 5.80. The Morgan fingerprint density at radius 2 is 1.53 bits per heavy atom. The van der Waals surface area contributed by atoms with Gasteiger partial charge in [0, 0.05) is 7.05 Å². The number of hydrazine groups is 2. The highest BCUT2D eigenvalue weighted by molar-refractivity contribution is 5.98. The van der Waals surface area contributed by atoms with E-state index in [4.69, 9.17) is 15.4 Å². The van der Waals surface area contributed by atoms with Crippen LogP contribution < -0.4 is 21.5 Å². The fourth-order valence-electron chi connectivity index (χ4n) is 3.70. The molecule has 7 heteroatoms. The SMILES string of the molecule is CN=C(COc1ccc(/C(C)=N/OCc2c(C(C)C)cc(C(C)C)cc2C(C)C)cc1)NNN. The molecular weight excluding hydrogens is 426 g/mol. The van der Waals surface area contributed by atoms with Gasteiger partial charge in [0.1, 0.15) is 19.0 Å². The fraction of sp³-hybridized carbons (Fsp3) is 0.481. The van der Waals surface area contributed by atoms with Crippen molar-refractivity contribution in [2.75, 3.05) is 13.7 Å². The van der Waals surface area contributed by atoms with E-state index < -0.39 is 0 Å². The second-order valence-corrected chi connectivity index (χ2v) is 9.34. The molecule has 0 spiro atoms. The van der Waals surface area contributed by atoms with E-state index in [-0.39, 0.29) is 6.61 Å². The minimum absolute atomic E-state index is 0.280. The van der Waals surface area contributed by atoms with Crippen LogP contribution in [0.2, 0.25) is 0 Å². The minimum atomic E-state index is 0.280. The van der Waals surface area contributed by atoms with Gasteiger partial charge < -0.3 is 9.57 Å². The van der Waals surface area contributed by atoms with E-state index in [0.717, 1.165) is 17.0 Å². The van der Waals surface area contributed by atoms with E-state index in [2.05, 4.69) is 74.8 Å². The topological polar surface area (TPSA) is 93.3 Å². The molecule has 0 aromatic heterocycles. The van der Waals surface area contributed by atoms with Crippen LogP contribution in [0.5, 0.6) is 5.75 Å². The first-order valence-electron chi connectivity index (χ1n) is 11.9. The summed E-state index contributed by atoms with van der Waals surface area (Å²) in [6.45, 7) is 16.1. The summed E-state index contributed by atoms with van der Waals surface area (Å²) in [5, 5.41) is 4.41. The summed E-state index contributed by atoms with van der Waals surface area (Å²) in [6, 6.07) is 12.4. The van der Waals surface area contributed by atoms with Gasteiger partial charge in [-0.15, -0.1) is 0 Å². The summed E-state index contributed by atoms with van der Waals surface area (Å²) in [4.78, 5) is 9.93. The summed E-state index contributed by atoms with van der Waals surface area (Å²) in [6.07, 6.45) is 0. The van der Waals surface area contributed by atoms with Gasteiger partial charge in [-0.3, -0.25) is 16.3 Å². The summed E-state index contributed by atoms with van der Waals surface area (Å²) in [5.74, 6) is 7.90. The Bertz CT molecular complexity index is 950. The maximum atomic E-state index is 5.88. The quantitative estimate of drug-likeness (QED) is 0.179. The zero-order valence-corrected chi connectivity index (χ0v) is 21.9. The molecule has 2 aromatic carbocycles. The predicted octanol–water partition coefficient (Wildman–Crippen LogP) is 5.37. The van der Waals surface area contributed by atoms with Gasteiger partial charge >= 0.3 is 0 Å². The average Bonchev–Trinajstić information content (AvgIpc) is 2.81. The van der Waals surface area contributed by atoms with Gasteiger partial charge in [0.25, 0.3) is 0 Å². The Balaban J connectivity index is 2.13. The highest BCUT2D eigenvalue weighted by Gasteiger charge is 2.17. The number of hydrogen-bond donors (Lipinski definition) is 3. The number of rotatable bonds is 11. The zero-order chi connectivity index (χ0) is 25.3. The zero-order valence-electron chi connectivity index (χ0n) is 21.9. The molecule has 0 aliphatic carbocycles. The van der Waals surface area contributed by atoms with Gasteiger partial charge in [0.15, 0.2) is 5.84 Å². The van der Waals surface area contributed by atoms with Gasteiger partial charge in [-0.05, 0) is 76.8 Å². The third kappa shape index (κ3) is 7.57. The molecular formula is C27H41N5O2. The molecule has 0 unspecified atom stereocenters. The van der Waals surface area contributed by atoms with Crippen molar-refractivity contribution < 1.29 is 9.57 Å². The first-order chi connectivity index (χ1) is 16.2. The van der Waals surface area contributed by atoms with E-state index >= 15 is 0 Å². The molecule has 7 nitrogen and oxygen atoms in total. The highest BCUT2D eigenvalue weighted by Crippen LogP contribution is 2.32. The number of aliphatic imine (C=N–C) groups is 1. The molecule has 0 aliphatic rings. The van der Waals surface area contributed by atoms with Crippen LogP contribution in [0.3, 0.4) is 0 Å². The number of nitrogens with one attached hydrogen (secondary N) is 2. The van der Waals surface area contributed by atoms with E-state index in [1.807, 2.05) is 31.2 Å². The molecule has 0 amide bonds. The number of oxime groups is 1. The van der Waals surface area contributed by atoms with Crippen molar-refractivity contribution in [3.63, 3.8) is 0 Å². The van der Waals surface area contributed by atoms with Crippen LogP contribution in [0.25, 0.3) is 0 Å². The molecule has 186 valence electrons. The van der Waals surface area contributed by atoms with Crippen LogP contribution in [-0.2, 0) is 11.4 Å². The highest BCUT2D eigenvalue weighted by atomic mass is 16.6. The summed E-state index contributed by atoms with van der Waals surface area (Å²) < 4.78 is 5.72. The molecule has 0 heterocycles. The minimum Gasteiger partial charge on any atom is -0.486 e. The second kappa shape index (κ2) is 13.1. The van der Waals surface area contributed by atoms with Crippen molar-refractivity contribution in [1.82, 2.24) is 11.0 Å². The monoisotopic (exact) mass is 467 g/mol. The van der Waals surface area contributed by atoms with Gasteiger partial charge in [-0.25, -0.2) is 0 Å². The molecule has 0 saturated heterocycles. The third-order valence-corrected chi connectivity index (χ3v) is 5.80. The number of amidine groups is 1. The fourth-order valence-corrected chi connectivity index (χ4v) is 3.70. The number of ether oxygens (including phenoxy) is 1. The van der Waals surface area contributed by atoms with E-state index in [1.54, 1.807) is 7.05 Å². The van der Waals surface area contributed by atoms with Crippen LogP contribution in [0.4, 0.5) is 0 Å². The molecule has 0 radical (unpaired) electrons. The Hall–Kier alpha value is -2.90. The van der Waals surface area contributed by atoms with Gasteiger partial charge in [0.05, 0.1) is 5.71 Å². The second-order valence-electron chi connectivity index (χ2n) is 9.34. The van der Waals surface area contributed by atoms with E-state index in [0.29, 0.717) is 30.2 Å². The lowest BCUT2D eigenvalue weighted by atomic mass is 9.85. The van der Waals surface area contributed by atoms with Crippen LogP contribution in [0.1, 0.15) is 94.0 Å². The van der Waals surface area contributed by atoms with E-state index in [9.17, 15) is 0 Å². The van der Waals surface area contributed by atoms with Crippen molar-refractivity contribution in [2.45, 2.75) is 72.8 Å². The van der Waals surface area contributed by atoms with Crippen molar-refractivity contribution in [2.24, 2.45) is 16.0 Å². The lowest BCUT2D eigenvalue weighted by molar-refractivity contribution is 0.129. The molecule has 0 fully saturated rings. The Kier molecular flexibility index (Phi) is 10.5. The van der Waals surface area contributed by atoms with Crippen molar-refractivity contribution in [1.29, 1.82) is 0 Å². The largest absolute Gasteiger partial charge is 0.486 e. The lowest BCUT2D eigenvalue weighted by Crippen LogP contribution is -2.44. The van der Waals surface area contributed by atoms with Crippen LogP contribution in [0.15, 0.2) is 46.5 Å². The molecule has 0 bridgehead atoms. The first-order valence-corrected chi connectivity index (χ1v) is 11.9. The number of hydrogen-bond acceptors (Lipinski definition) is 6. The van der Waals surface area contributed by atoms with Crippen molar-refractivity contribution >= 4 is 11.5 Å². The Labute approximate surface area is 204 Å². The molecule has 0 saturated carbocycles. The van der Waals surface area contributed by atoms with Crippen LogP contribution in [-0.4, -0.2) is 25.2 Å². The maximum absolute atomic E-state index is 5.88. The molecule has 0 aliphatic heterocycles. The number of nitrogens with zero attached hydrogens (tertiary/aromatic N) is 2. The van der Waals surface area contributed by atoms with Crippen molar-refractivity contribution in [3.8, 4) is 5.75 Å². The molecule has 34 heavy (non-hydrogen) atoms. The first kappa shape index (κ1) is 27.3. The summed E-state index contributed by atoms with van der Waals surface area (Å²) in [5.41, 5.74) is 12.2.